The highest BCUT2D eigenvalue weighted by atomic mass is 19.4. The number of nitrogen functional groups attached to an aromatic ring is 1. The van der Waals surface area contributed by atoms with Crippen LogP contribution in [0.4, 0.5) is 18.9 Å². The number of nitrogens with zero attached hydrogens (tertiary/aromatic N) is 1. The molecule has 0 amide bonds. The van der Waals surface area contributed by atoms with Crippen LogP contribution in [0.15, 0.2) is 12.3 Å². The summed E-state index contributed by atoms with van der Waals surface area (Å²) in [7, 11) is 0. The molecule has 0 unspecified atom stereocenters. The van der Waals surface area contributed by atoms with Gasteiger partial charge in [-0.25, -0.2) is 4.98 Å². The van der Waals surface area contributed by atoms with Gasteiger partial charge in [0.15, 0.2) is 5.78 Å². The molecule has 0 atom stereocenters. The minimum absolute atomic E-state index is 0.0505. The summed E-state index contributed by atoms with van der Waals surface area (Å²) in [5, 5.41) is 0. The van der Waals surface area contributed by atoms with Crippen molar-refractivity contribution < 1.29 is 18.0 Å². The largest absolute Gasteiger partial charge is 0.433 e. The lowest BCUT2D eigenvalue weighted by atomic mass is 10.1. The Kier molecular flexibility index (Phi) is 2.46. The Balaban J connectivity index is 3.27. The molecule has 0 saturated heterocycles. The molecule has 0 aliphatic heterocycles. The van der Waals surface area contributed by atoms with Crippen molar-refractivity contribution in [2.45, 2.75) is 13.1 Å². The Morgan fingerprint density at radius 2 is 2.07 bits per heavy atom. The van der Waals surface area contributed by atoms with E-state index in [-0.39, 0.29) is 11.3 Å². The quantitative estimate of drug-likeness (QED) is 0.710. The molecule has 76 valence electrons. The van der Waals surface area contributed by atoms with Crippen molar-refractivity contribution in [3.05, 3.63) is 23.5 Å². The molecule has 14 heavy (non-hydrogen) atoms. The SMILES string of the molecule is CC(=O)c1cc(C(F)(F)F)ncc1N. The summed E-state index contributed by atoms with van der Waals surface area (Å²) in [4.78, 5) is 14.0. The molecule has 1 aromatic heterocycles. The minimum atomic E-state index is -4.56. The second-order valence-corrected chi connectivity index (χ2v) is 2.71. The zero-order valence-corrected chi connectivity index (χ0v) is 7.22. The highest BCUT2D eigenvalue weighted by Crippen LogP contribution is 2.29. The van der Waals surface area contributed by atoms with E-state index in [1.807, 2.05) is 0 Å². The van der Waals surface area contributed by atoms with Crippen LogP contribution in [0, 0.1) is 0 Å². The number of anilines is 1. The molecule has 0 aliphatic rings. The third-order valence-corrected chi connectivity index (χ3v) is 1.60. The molecule has 0 bridgehead atoms. The average molecular weight is 204 g/mol. The first-order valence-corrected chi connectivity index (χ1v) is 3.66. The van der Waals surface area contributed by atoms with Gasteiger partial charge in [-0.1, -0.05) is 0 Å². The number of rotatable bonds is 1. The summed E-state index contributed by atoms with van der Waals surface area (Å²) in [6.07, 6.45) is -3.72. The van der Waals surface area contributed by atoms with Crippen molar-refractivity contribution in [1.82, 2.24) is 4.98 Å². The molecule has 2 N–H and O–H groups in total. The van der Waals surface area contributed by atoms with Gasteiger partial charge in [-0.15, -0.1) is 0 Å². The zero-order valence-electron chi connectivity index (χ0n) is 7.22. The third-order valence-electron chi connectivity index (χ3n) is 1.60. The van der Waals surface area contributed by atoms with E-state index in [4.69, 9.17) is 5.73 Å². The number of nitrogens with two attached hydrogens (primary N) is 1. The van der Waals surface area contributed by atoms with E-state index < -0.39 is 17.7 Å². The highest BCUT2D eigenvalue weighted by Gasteiger charge is 2.33. The molecular weight excluding hydrogens is 197 g/mol. The fourth-order valence-electron chi connectivity index (χ4n) is 0.926. The van der Waals surface area contributed by atoms with Crippen LogP contribution in [0.3, 0.4) is 0 Å². The predicted octanol–water partition coefficient (Wildman–Crippen LogP) is 1.89. The molecule has 1 aromatic rings. The van der Waals surface area contributed by atoms with Gasteiger partial charge in [0.05, 0.1) is 11.9 Å². The van der Waals surface area contributed by atoms with E-state index in [9.17, 15) is 18.0 Å². The molecule has 6 heteroatoms. The molecule has 0 aromatic carbocycles. The van der Waals surface area contributed by atoms with Crippen LogP contribution in [0.25, 0.3) is 0 Å². The molecule has 0 spiro atoms. The maximum atomic E-state index is 12.1. The van der Waals surface area contributed by atoms with Gasteiger partial charge in [-0.05, 0) is 13.0 Å². The van der Waals surface area contributed by atoms with Gasteiger partial charge in [0.25, 0.3) is 0 Å². The van der Waals surface area contributed by atoms with E-state index >= 15 is 0 Å². The molecule has 0 saturated carbocycles. The van der Waals surface area contributed by atoms with Crippen molar-refractivity contribution in [2.75, 3.05) is 5.73 Å². The topological polar surface area (TPSA) is 56.0 Å². The summed E-state index contributed by atoms with van der Waals surface area (Å²) >= 11 is 0. The summed E-state index contributed by atoms with van der Waals surface area (Å²) in [5.41, 5.74) is 3.96. The Morgan fingerprint density at radius 1 is 1.50 bits per heavy atom. The second kappa shape index (κ2) is 3.28. The molecule has 0 radical (unpaired) electrons. The lowest BCUT2D eigenvalue weighted by molar-refractivity contribution is -0.141. The molecule has 0 fully saturated rings. The minimum Gasteiger partial charge on any atom is -0.397 e. The number of pyridine rings is 1. The summed E-state index contributed by atoms with van der Waals surface area (Å²) < 4.78 is 36.4. The summed E-state index contributed by atoms with van der Waals surface area (Å²) in [6, 6.07) is 0.650. The monoisotopic (exact) mass is 204 g/mol. The summed E-state index contributed by atoms with van der Waals surface area (Å²) in [5.74, 6) is -0.518. The Bertz CT molecular complexity index is 373. The number of alkyl halides is 3. The van der Waals surface area contributed by atoms with Gasteiger partial charge in [-0.3, -0.25) is 4.79 Å². The van der Waals surface area contributed by atoms with Gasteiger partial charge in [0.1, 0.15) is 5.69 Å². The first-order chi connectivity index (χ1) is 6.32. The van der Waals surface area contributed by atoms with Crippen molar-refractivity contribution >= 4 is 11.5 Å². The van der Waals surface area contributed by atoms with Crippen molar-refractivity contribution in [3.63, 3.8) is 0 Å². The average Bonchev–Trinajstić information content (AvgIpc) is 2.02. The predicted molar refractivity (Wildman–Crippen MR) is 43.7 cm³/mol. The normalized spacial score (nSPS) is 11.4. The van der Waals surface area contributed by atoms with Gasteiger partial charge < -0.3 is 5.73 Å². The van der Waals surface area contributed by atoms with Crippen LogP contribution in [-0.4, -0.2) is 10.8 Å². The number of Topliss-reactive ketones (excluding diaryl/α,β-unsaturated/α-hetero) is 1. The molecule has 3 nitrogen and oxygen atoms in total. The lowest BCUT2D eigenvalue weighted by Gasteiger charge is -2.07. The van der Waals surface area contributed by atoms with E-state index in [1.165, 1.54) is 0 Å². The maximum Gasteiger partial charge on any atom is 0.433 e. The van der Waals surface area contributed by atoms with Gasteiger partial charge >= 0.3 is 6.18 Å². The molecule has 1 heterocycles. The fourth-order valence-corrected chi connectivity index (χ4v) is 0.926. The molecular formula is C8H7F3N2O. The van der Waals surface area contributed by atoms with Gasteiger partial charge in [0.2, 0.25) is 0 Å². The number of halogens is 3. The third kappa shape index (κ3) is 2.01. The number of carbonyl (C=O) groups excluding carboxylic acids is 1. The number of ketones is 1. The smallest absolute Gasteiger partial charge is 0.397 e. The van der Waals surface area contributed by atoms with Crippen LogP contribution >= 0.6 is 0 Å². The van der Waals surface area contributed by atoms with Crippen LogP contribution < -0.4 is 5.73 Å². The van der Waals surface area contributed by atoms with Gasteiger partial charge in [0, 0.05) is 5.56 Å². The standard InChI is InChI=1S/C8H7F3N2O/c1-4(14)5-2-7(8(9,10)11)13-3-6(5)12/h2-3H,12H2,1H3. The number of hydrogen-bond acceptors (Lipinski definition) is 3. The first-order valence-electron chi connectivity index (χ1n) is 3.66. The van der Waals surface area contributed by atoms with E-state index in [0.29, 0.717) is 6.07 Å². The van der Waals surface area contributed by atoms with Gasteiger partial charge in [-0.2, -0.15) is 13.2 Å². The maximum absolute atomic E-state index is 12.1. The van der Waals surface area contributed by atoms with E-state index in [0.717, 1.165) is 13.1 Å². The van der Waals surface area contributed by atoms with Crippen LogP contribution in [0.1, 0.15) is 23.0 Å². The van der Waals surface area contributed by atoms with E-state index in [1.54, 1.807) is 0 Å². The van der Waals surface area contributed by atoms with E-state index in [2.05, 4.69) is 4.98 Å². The van der Waals surface area contributed by atoms with Crippen LogP contribution in [0.5, 0.6) is 0 Å². The van der Waals surface area contributed by atoms with Crippen molar-refractivity contribution in [3.8, 4) is 0 Å². The Morgan fingerprint density at radius 3 is 2.50 bits per heavy atom. The lowest BCUT2D eigenvalue weighted by Crippen LogP contribution is -2.11. The van der Waals surface area contributed by atoms with Crippen molar-refractivity contribution in [1.29, 1.82) is 0 Å². The zero-order chi connectivity index (χ0) is 10.9. The van der Waals surface area contributed by atoms with Crippen molar-refractivity contribution in [2.24, 2.45) is 0 Å². The second-order valence-electron chi connectivity index (χ2n) is 2.71. The number of aromatic nitrogens is 1. The number of carbonyl (C=O) groups is 1. The number of hydrogen-bond donors (Lipinski definition) is 1. The summed E-state index contributed by atoms with van der Waals surface area (Å²) in [6.45, 7) is 1.14. The fraction of sp³-hybridized carbons (Fsp3) is 0.250. The Labute approximate surface area is 77.7 Å². The molecule has 0 aliphatic carbocycles. The van der Waals surface area contributed by atoms with Crippen LogP contribution in [-0.2, 0) is 6.18 Å². The Hall–Kier alpha value is -1.59. The first kappa shape index (κ1) is 10.5. The molecule has 1 rings (SSSR count). The highest BCUT2D eigenvalue weighted by molar-refractivity contribution is 5.98. The van der Waals surface area contributed by atoms with Crippen LogP contribution in [0.2, 0.25) is 0 Å².